The zero-order valence-corrected chi connectivity index (χ0v) is 14.2. The van der Waals surface area contributed by atoms with Gasteiger partial charge in [0.15, 0.2) is 5.82 Å². The Morgan fingerprint density at radius 3 is 2.96 bits per heavy atom. The lowest BCUT2D eigenvalue weighted by molar-refractivity contribution is -0.132. The monoisotopic (exact) mass is 338 g/mol. The first kappa shape index (κ1) is 14.9. The Bertz CT molecular complexity index is 825. The van der Waals surface area contributed by atoms with Crippen molar-refractivity contribution in [2.45, 2.75) is 44.8 Å². The first-order valence-electron chi connectivity index (χ1n) is 9.08. The third kappa shape index (κ3) is 2.89. The molecular formula is C18H22N6O. The molecule has 2 N–H and O–H groups in total. The Morgan fingerprint density at radius 2 is 2.08 bits per heavy atom. The van der Waals surface area contributed by atoms with E-state index in [2.05, 4.69) is 26.8 Å². The average Bonchev–Trinajstić information content (AvgIpc) is 3.40. The summed E-state index contributed by atoms with van der Waals surface area (Å²) in [7, 11) is 0. The molecule has 3 aliphatic rings. The van der Waals surface area contributed by atoms with Crippen LogP contribution in [0.5, 0.6) is 0 Å². The third-order valence-corrected chi connectivity index (χ3v) is 5.29. The lowest BCUT2D eigenvalue weighted by atomic mass is 10.0. The van der Waals surface area contributed by atoms with Gasteiger partial charge in [-0.1, -0.05) is 0 Å². The molecule has 0 atom stereocenters. The summed E-state index contributed by atoms with van der Waals surface area (Å²) < 4.78 is 1.84. The van der Waals surface area contributed by atoms with Gasteiger partial charge in [0.1, 0.15) is 12.4 Å². The molecule has 0 unspecified atom stereocenters. The van der Waals surface area contributed by atoms with Crippen molar-refractivity contribution in [3.63, 3.8) is 0 Å². The largest absolute Gasteiger partial charge is 0.338 e. The Morgan fingerprint density at radius 1 is 1.16 bits per heavy atom. The van der Waals surface area contributed by atoms with E-state index in [4.69, 9.17) is 0 Å². The van der Waals surface area contributed by atoms with Crippen LogP contribution >= 0.6 is 0 Å². The van der Waals surface area contributed by atoms with Crippen molar-refractivity contribution in [1.29, 1.82) is 0 Å². The minimum Gasteiger partial charge on any atom is -0.338 e. The molecule has 25 heavy (non-hydrogen) atoms. The van der Waals surface area contributed by atoms with E-state index in [-0.39, 0.29) is 5.91 Å². The predicted molar refractivity (Wildman–Crippen MR) is 93.6 cm³/mol. The minimum atomic E-state index is 0.189. The fraction of sp³-hybridized carbons (Fsp3) is 0.500. The van der Waals surface area contributed by atoms with Crippen LogP contribution in [-0.2, 0) is 30.7 Å². The van der Waals surface area contributed by atoms with E-state index in [1.807, 2.05) is 21.8 Å². The summed E-state index contributed by atoms with van der Waals surface area (Å²) in [6.45, 7) is 3.05. The van der Waals surface area contributed by atoms with Gasteiger partial charge in [0.25, 0.3) is 0 Å². The smallest absolute Gasteiger partial charge is 0.244 e. The van der Waals surface area contributed by atoms with Crippen LogP contribution in [0, 0.1) is 0 Å². The molecule has 0 radical (unpaired) electrons. The van der Waals surface area contributed by atoms with Gasteiger partial charge in [-0.2, -0.15) is 5.10 Å². The molecule has 2 aliphatic heterocycles. The third-order valence-electron chi connectivity index (χ3n) is 5.29. The molecule has 1 fully saturated rings. The molecule has 5 rings (SSSR count). The van der Waals surface area contributed by atoms with Crippen LogP contribution in [0.1, 0.15) is 29.7 Å². The van der Waals surface area contributed by atoms with Gasteiger partial charge in [0.05, 0.1) is 0 Å². The quantitative estimate of drug-likeness (QED) is 0.880. The highest BCUT2D eigenvalue weighted by Gasteiger charge is 2.34. The summed E-state index contributed by atoms with van der Waals surface area (Å²) in [5.74, 6) is 1.76. The zero-order chi connectivity index (χ0) is 16.8. The van der Waals surface area contributed by atoms with Crippen LogP contribution in [0.3, 0.4) is 0 Å². The van der Waals surface area contributed by atoms with Crippen LogP contribution in [-0.4, -0.2) is 44.7 Å². The van der Waals surface area contributed by atoms with Crippen LogP contribution < -0.4 is 10.6 Å². The van der Waals surface area contributed by atoms with Crippen LogP contribution in [0.2, 0.25) is 0 Å². The van der Waals surface area contributed by atoms with E-state index in [0.717, 1.165) is 62.6 Å². The van der Waals surface area contributed by atoms with Crippen molar-refractivity contribution in [1.82, 2.24) is 25.0 Å². The van der Waals surface area contributed by atoms with E-state index >= 15 is 0 Å². The number of anilines is 2. The molecule has 0 spiro atoms. The molecule has 130 valence electrons. The van der Waals surface area contributed by atoms with Gasteiger partial charge < -0.3 is 15.5 Å². The molecule has 7 nitrogen and oxygen atoms in total. The highest BCUT2D eigenvalue weighted by Crippen LogP contribution is 2.29. The Balaban J connectivity index is 1.34. The molecule has 0 bridgehead atoms. The Hall–Kier alpha value is -2.41. The summed E-state index contributed by atoms with van der Waals surface area (Å²) in [6, 6.07) is 4.61. The predicted octanol–water partition coefficient (Wildman–Crippen LogP) is 1.21. The molecule has 2 aromatic rings. The lowest BCUT2D eigenvalue weighted by Gasteiger charge is -2.19. The van der Waals surface area contributed by atoms with Crippen molar-refractivity contribution in [2.24, 2.45) is 0 Å². The molecular weight excluding hydrogens is 316 g/mol. The van der Waals surface area contributed by atoms with Crippen molar-refractivity contribution < 1.29 is 4.79 Å². The number of rotatable bonds is 3. The van der Waals surface area contributed by atoms with Crippen molar-refractivity contribution >= 4 is 17.5 Å². The maximum atomic E-state index is 12.4. The van der Waals surface area contributed by atoms with E-state index in [9.17, 15) is 4.79 Å². The fourth-order valence-corrected chi connectivity index (χ4v) is 3.77. The number of nitrogens with one attached hydrogen (secondary N) is 2. The summed E-state index contributed by atoms with van der Waals surface area (Å²) in [6.07, 6.45) is 6.15. The minimum absolute atomic E-state index is 0.189. The number of hydrogen-bond acceptors (Lipinski definition) is 5. The van der Waals surface area contributed by atoms with E-state index in [1.54, 1.807) is 0 Å². The van der Waals surface area contributed by atoms with Crippen LogP contribution in [0.4, 0.5) is 11.6 Å². The number of pyridine rings is 1. The van der Waals surface area contributed by atoms with Crippen molar-refractivity contribution in [3.8, 4) is 0 Å². The second-order valence-corrected chi connectivity index (χ2v) is 7.14. The lowest BCUT2D eigenvalue weighted by Crippen LogP contribution is -2.35. The van der Waals surface area contributed by atoms with Gasteiger partial charge in [0, 0.05) is 43.5 Å². The highest BCUT2D eigenvalue weighted by molar-refractivity contribution is 5.77. The van der Waals surface area contributed by atoms with Gasteiger partial charge in [-0.05, 0) is 43.0 Å². The van der Waals surface area contributed by atoms with E-state index < -0.39 is 0 Å². The number of carbonyl (C=O) groups is 1. The number of fused-ring (bicyclic) bond motifs is 2. The van der Waals surface area contributed by atoms with Crippen LogP contribution in [0.15, 0.2) is 18.3 Å². The SMILES string of the molecule is O=C1Cn2nc(Nc3cc4c(cn3)CCNC4)cc2CCN1C1CC1. The maximum absolute atomic E-state index is 12.4. The number of aromatic nitrogens is 3. The molecule has 1 saturated carbocycles. The molecule has 4 heterocycles. The summed E-state index contributed by atoms with van der Waals surface area (Å²) in [5, 5.41) is 11.3. The molecule has 7 heteroatoms. The number of amides is 1. The standard InChI is InChI=1S/C18H22N6O/c25-18-11-24-15(4-6-23(18)14-1-2-14)8-17(22-24)21-16-7-13-9-19-5-3-12(13)10-20-16/h7-8,10,14,19H,1-6,9,11H2,(H,20,21,22). The molecule has 2 aromatic heterocycles. The normalized spacial score (nSPS) is 20.0. The van der Waals surface area contributed by atoms with Gasteiger partial charge in [-0.3, -0.25) is 9.48 Å². The second-order valence-electron chi connectivity index (χ2n) is 7.14. The fourth-order valence-electron chi connectivity index (χ4n) is 3.77. The Kier molecular flexibility index (Phi) is 3.48. The Labute approximate surface area is 146 Å². The van der Waals surface area contributed by atoms with Gasteiger partial charge >= 0.3 is 0 Å². The molecule has 1 amide bonds. The summed E-state index contributed by atoms with van der Waals surface area (Å²) in [4.78, 5) is 18.9. The summed E-state index contributed by atoms with van der Waals surface area (Å²) in [5.41, 5.74) is 3.72. The van der Waals surface area contributed by atoms with Gasteiger partial charge in [0.2, 0.25) is 5.91 Å². The molecule has 1 aliphatic carbocycles. The van der Waals surface area contributed by atoms with E-state index in [1.165, 1.54) is 11.1 Å². The molecule has 0 saturated heterocycles. The number of hydrogen-bond donors (Lipinski definition) is 2. The van der Waals surface area contributed by atoms with Crippen LogP contribution in [0.25, 0.3) is 0 Å². The first-order chi connectivity index (χ1) is 12.3. The number of carbonyl (C=O) groups excluding carboxylic acids is 1. The van der Waals surface area contributed by atoms with Gasteiger partial charge in [-0.25, -0.2) is 4.98 Å². The second kappa shape index (κ2) is 5.84. The molecule has 0 aromatic carbocycles. The number of nitrogens with zero attached hydrogens (tertiary/aromatic N) is 4. The van der Waals surface area contributed by atoms with E-state index in [0.29, 0.717) is 12.6 Å². The summed E-state index contributed by atoms with van der Waals surface area (Å²) >= 11 is 0. The zero-order valence-electron chi connectivity index (χ0n) is 14.2. The maximum Gasteiger partial charge on any atom is 0.244 e. The topological polar surface area (TPSA) is 75.1 Å². The average molecular weight is 338 g/mol. The highest BCUT2D eigenvalue weighted by atomic mass is 16.2. The van der Waals surface area contributed by atoms with Crippen molar-refractivity contribution in [3.05, 3.63) is 35.2 Å². The van der Waals surface area contributed by atoms with Gasteiger partial charge in [-0.15, -0.1) is 0 Å². The van der Waals surface area contributed by atoms with Crippen molar-refractivity contribution in [2.75, 3.05) is 18.4 Å². The first-order valence-corrected chi connectivity index (χ1v) is 9.08.